The lowest BCUT2D eigenvalue weighted by Gasteiger charge is -2.35. The third-order valence-electron chi connectivity index (χ3n) is 4.52. The molecule has 1 aliphatic rings. The number of para-hydroxylation sites is 1. The molecule has 8 nitrogen and oxygen atoms in total. The molecule has 1 fully saturated rings. The average Bonchev–Trinajstić information content (AvgIpc) is 2.66. The van der Waals surface area contributed by atoms with E-state index in [1.807, 2.05) is 13.8 Å². The number of benzene rings is 2. The lowest BCUT2D eigenvalue weighted by molar-refractivity contribution is -0.384. The summed E-state index contributed by atoms with van der Waals surface area (Å²) in [5.41, 5.74) is 0.551. The van der Waals surface area contributed by atoms with Gasteiger partial charge in [0, 0.05) is 25.2 Å². The Morgan fingerprint density at radius 2 is 1.79 bits per heavy atom. The number of halogens is 1. The van der Waals surface area contributed by atoms with Crippen molar-refractivity contribution in [1.29, 1.82) is 0 Å². The summed E-state index contributed by atoms with van der Waals surface area (Å²) in [7, 11) is 0. The summed E-state index contributed by atoms with van der Waals surface area (Å²) in [6, 6.07) is 10.3. The fraction of sp³-hybridized carbons (Fsp3) is 0.300. The Kier molecular flexibility index (Phi) is 6.14. The van der Waals surface area contributed by atoms with Gasteiger partial charge in [0.25, 0.3) is 17.5 Å². The number of anilines is 1. The van der Waals surface area contributed by atoms with Gasteiger partial charge in [-0.05, 0) is 32.0 Å². The molecule has 2 aromatic carbocycles. The Morgan fingerprint density at radius 1 is 1.14 bits per heavy atom. The highest BCUT2D eigenvalue weighted by Crippen LogP contribution is 2.25. The number of nitro benzene ring substituents is 1. The fourth-order valence-electron chi connectivity index (χ4n) is 3.28. The number of hydrogen-bond donors (Lipinski definition) is 1. The lowest BCUT2D eigenvalue weighted by Crippen LogP contribution is -2.48. The zero-order chi connectivity index (χ0) is 21.1. The van der Waals surface area contributed by atoms with Crippen molar-refractivity contribution in [3.05, 3.63) is 68.7 Å². The highest BCUT2D eigenvalue weighted by Gasteiger charge is 2.28. The highest BCUT2D eigenvalue weighted by molar-refractivity contribution is 6.34. The molecule has 2 atom stereocenters. The van der Waals surface area contributed by atoms with Crippen LogP contribution in [-0.2, 0) is 4.74 Å². The second kappa shape index (κ2) is 8.59. The topological polar surface area (TPSA) is 102 Å². The molecule has 0 radical (unpaired) electrons. The van der Waals surface area contributed by atoms with Crippen LogP contribution in [0.2, 0.25) is 5.02 Å². The number of hydrogen-bond acceptors (Lipinski definition) is 5. The van der Waals surface area contributed by atoms with Crippen LogP contribution in [0.3, 0.4) is 0 Å². The predicted octanol–water partition coefficient (Wildman–Crippen LogP) is 3.75. The van der Waals surface area contributed by atoms with Gasteiger partial charge in [0.15, 0.2) is 0 Å². The largest absolute Gasteiger partial charge is 0.372 e. The SMILES string of the molecule is C[C@@H]1CN(C(=O)c2ccccc2NC(=O)c2ccc([N+](=O)[O-])cc2Cl)C[C@@H](C)O1. The fourth-order valence-corrected chi connectivity index (χ4v) is 3.54. The number of non-ortho nitro benzene ring substituents is 1. The third kappa shape index (κ3) is 4.72. The van der Waals surface area contributed by atoms with Crippen LogP contribution >= 0.6 is 11.6 Å². The van der Waals surface area contributed by atoms with Crippen molar-refractivity contribution < 1.29 is 19.2 Å². The van der Waals surface area contributed by atoms with E-state index in [2.05, 4.69) is 5.32 Å². The van der Waals surface area contributed by atoms with Gasteiger partial charge in [0.05, 0.1) is 39.0 Å². The van der Waals surface area contributed by atoms with Crippen molar-refractivity contribution in [3.8, 4) is 0 Å². The molecule has 0 spiro atoms. The van der Waals surface area contributed by atoms with Crippen molar-refractivity contribution in [2.24, 2.45) is 0 Å². The van der Waals surface area contributed by atoms with Crippen LogP contribution in [0.25, 0.3) is 0 Å². The van der Waals surface area contributed by atoms with E-state index in [1.54, 1.807) is 29.2 Å². The molecule has 0 unspecified atom stereocenters. The summed E-state index contributed by atoms with van der Waals surface area (Å²) in [5, 5.41) is 13.5. The maximum absolute atomic E-state index is 13.0. The smallest absolute Gasteiger partial charge is 0.270 e. The quantitative estimate of drug-likeness (QED) is 0.603. The second-order valence-electron chi connectivity index (χ2n) is 6.89. The van der Waals surface area contributed by atoms with Gasteiger partial charge in [-0.25, -0.2) is 0 Å². The molecule has 0 bridgehead atoms. The van der Waals surface area contributed by atoms with Gasteiger partial charge in [0.2, 0.25) is 0 Å². The molecule has 1 saturated heterocycles. The molecular formula is C20H20ClN3O5. The molecule has 0 saturated carbocycles. The first-order chi connectivity index (χ1) is 13.8. The normalized spacial score (nSPS) is 18.9. The van der Waals surface area contributed by atoms with Gasteiger partial charge in [-0.3, -0.25) is 19.7 Å². The number of nitro groups is 1. The van der Waals surface area contributed by atoms with Crippen LogP contribution < -0.4 is 5.32 Å². The van der Waals surface area contributed by atoms with Gasteiger partial charge in [-0.15, -0.1) is 0 Å². The van der Waals surface area contributed by atoms with E-state index >= 15 is 0 Å². The van der Waals surface area contributed by atoms with E-state index in [0.717, 1.165) is 6.07 Å². The van der Waals surface area contributed by atoms with Crippen LogP contribution in [0.1, 0.15) is 34.6 Å². The number of rotatable bonds is 4. The van der Waals surface area contributed by atoms with Gasteiger partial charge < -0.3 is 15.0 Å². The first kappa shape index (κ1) is 20.8. The number of nitrogens with zero attached hydrogens (tertiary/aromatic N) is 2. The number of carbonyl (C=O) groups is 2. The summed E-state index contributed by atoms with van der Waals surface area (Å²) in [5.74, 6) is -0.772. The molecular weight excluding hydrogens is 398 g/mol. The van der Waals surface area contributed by atoms with Crippen LogP contribution in [0.5, 0.6) is 0 Å². The number of morpholine rings is 1. The first-order valence-corrected chi connectivity index (χ1v) is 9.43. The molecule has 152 valence electrons. The number of amides is 2. The highest BCUT2D eigenvalue weighted by atomic mass is 35.5. The van der Waals surface area contributed by atoms with Crippen LogP contribution in [0, 0.1) is 10.1 Å². The van der Waals surface area contributed by atoms with Gasteiger partial charge in [-0.1, -0.05) is 23.7 Å². The maximum Gasteiger partial charge on any atom is 0.270 e. The van der Waals surface area contributed by atoms with E-state index in [4.69, 9.17) is 16.3 Å². The van der Waals surface area contributed by atoms with Crippen LogP contribution in [0.4, 0.5) is 11.4 Å². The Hall–Kier alpha value is -2.97. The van der Waals surface area contributed by atoms with Gasteiger partial charge >= 0.3 is 0 Å². The van der Waals surface area contributed by atoms with Crippen molar-refractivity contribution in [2.75, 3.05) is 18.4 Å². The minimum Gasteiger partial charge on any atom is -0.372 e. The first-order valence-electron chi connectivity index (χ1n) is 9.05. The molecule has 0 aromatic heterocycles. The molecule has 2 amide bonds. The van der Waals surface area contributed by atoms with E-state index in [0.29, 0.717) is 24.3 Å². The molecule has 1 heterocycles. The van der Waals surface area contributed by atoms with Crippen molar-refractivity contribution in [2.45, 2.75) is 26.1 Å². The Morgan fingerprint density at radius 3 is 2.41 bits per heavy atom. The zero-order valence-electron chi connectivity index (χ0n) is 15.9. The lowest BCUT2D eigenvalue weighted by atomic mass is 10.1. The number of ether oxygens (including phenoxy) is 1. The second-order valence-corrected chi connectivity index (χ2v) is 7.30. The summed E-state index contributed by atoms with van der Waals surface area (Å²) in [4.78, 5) is 37.6. The van der Waals surface area contributed by atoms with E-state index in [-0.39, 0.29) is 34.4 Å². The minimum absolute atomic E-state index is 0.0451. The molecule has 0 aliphatic carbocycles. The molecule has 1 N–H and O–H groups in total. The molecule has 9 heteroatoms. The van der Waals surface area contributed by atoms with E-state index in [1.165, 1.54) is 12.1 Å². The number of nitrogens with one attached hydrogen (secondary N) is 1. The van der Waals surface area contributed by atoms with E-state index in [9.17, 15) is 19.7 Å². The summed E-state index contributed by atoms with van der Waals surface area (Å²) in [6.45, 7) is 4.72. The van der Waals surface area contributed by atoms with Crippen molar-refractivity contribution in [3.63, 3.8) is 0 Å². The van der Waals surface area contributed by atoms with Crippen molar-refractivity contribution in [1.82, 2.24) is 4.90 Å². The zero-order valence-corrected chi connectivity index (χ0v) is 16.7. The third-order valence-corrected chi connectivity index (χ3v) is 4.83. The Bertz CT molecular complexity index is 955. The maximum atomic E-state index is 13.0. The van der Waals surface area contributed by atoms with Gasteiger partial charge in [-0.2, -0.15) is 0 Å². The van der Waals surface area contributed by atoms with Crippen molar-refractivity contribution >= 4 is 34.8 Å². The molecule has 2 aromatic rings. The molecule has 3 rings (SSSR count). The molecule has 1 aliphatic heterocycles. The number of carbonyl (C=O) groups excluding carboxylic acids is 2. The average molecular weight is 418 g/mol. The van der Waals surface area contributed by atoms with Gasteiger partial charge in [0.1, 0.15) is 0 Å². The summed E-state index contributed by atoms with van der Waals surface area (Å²) in [6.07, 6.45) is -0.160. The monoisotopic (exact) mass is 417 g/mol. The minimum atomic E-state index is -0.591. The van der Waals surface area contributed by atoms with Crippen LogP contribution in [-0.4, -0.2) is 46.9 Å². The summed E-state index contributed by atoms with van der Waals surface area (Å²) < 4.78 is 5.67. The Balaban J connectivity index is 1.83. The standard InChI is InChI=1S/C20H20ClN3O5/c1-12-10-23(11-13(2)29-12)20(26)16-5-3-4-6-18(16)22-19(25)15-8-7-14(24(27)28)9-17(15)21/h3-9,12-13H,10-11H2,1-2H3,(H,22,25)/t12-,13-/m1/s1. The summed E-state index contributed by atoms with van der Waals surface area (Å²) >= 11 is 6.04. The Labute approximate surface area is 172 Å². The predicted molar refractivity (Wildman–Crippen MR) is 108 cm³/mol. The van der Waals surface area contributed by atoms with Crippen LogP contribution in [0.15, 0.2) is 42.5 Å². The molecule has 29 heavy (non-hydrogen) atoms. The van der Waals surface area contributed by atoms with E-state index < -0.39 is 10.8 Å².